The molecule has 0 aromatic rings. The van der Waals surface area contributed by atoms with Gasteiger partial charge in [0.1, 0.15) is 0 Å². The maximum Gasteiger partial charge on any atom is 0.222 e. The van der Waals surface area contributed by atoms with Gasteiger partial charge in [0.2, 0.25) is 5.91 Å². The van der Waals surface area contributed by atoms with Crippen molar-refractivity contribution in [2.75, 3.05) is 13.1 Å². The van der Waals surface area contributed by atoms with Gasteiger partial charge in [-0.2, -0.15) is 0 Å². The molecule has 1 N–H and O–H groups in total. The summed E-state index contributed by atoms with van der Waals surface area (Å²) in [5, 5.41) is 3.38. The fourth-order valence-corrected chi connectivity index (χ4v) is 2.84. The fraction of sp³-hybridized carbons (Fsp3) is 0.938. The van der Waals surface area contributed by atoms with E-state index in [9.17, 15) is 4.79 Å². The molecule has 0 spiro atoms. The summed E-state index contributed by atoms with van der Waals surface area (Å²) >= 11 is 0. The standard InChI is InChI=1S/C16H32N2O/c1-13(2)12-18(15-8-5-6-9-15)16(19)10-7-11-17-14(3)4/h13-15,17H,5-12H2,1-4H3. The highest BCUT2D eigenvalue weighted by Crippen LogP contribution is 2.25. The van der Waals surface area contributed by atoms with Crippen LogP contribution in [0.4, 0.5) is 0 Å². The molecule has 0 atom stereocenters. The summed E-state index contributed by atoms with van der Waals surface area (Å²) < 4.78 is 0. The number of nitrogens with one attached hydrogen (secondary N) is 1. The van der Waals surface area contributed by atoms with Crippen molar-refractivity contribution in [3.8, 4) is 0 Å². The van der Waals surface area contributed by atoms with Crippen molar-refractivity contribution in [2.24, 2.45) is 5.92 Å². The van der Waals surface area contributed by atoms with E-state index in [0.29, 0.717) is 30.3 Å². The monoisotopic (exact) mass is 268 g/mol. The van der Waals surface area contributed by atoms with Crippen LogP contribution in [0.3, 0.4) is 0 Å². The van der Waals surface area contributed by atoms with Crippen LogP contribution in [-0.2, 0) is 4.79 Å². The molecule has 0 heterocycles. The zero-order valence-electron chi connectivity index (χ0n) is 13.2. The minimum absolute atomic E-state index is 0.367. The second-order valence-corrected chi connectivity index (χ2v) is 6.59. The van der Waals surface area contributed by atoms with Crippen LogP contribution >= 0.6 is 0 Å². The average molecular weight is 268 g/mol. The van der Waals surface area contributed by atoms with Gasteiger partial charge in [0.05, 0.1) is 0 Å². The molecule has 3 nitrogen and oxygen atoms in total. The molecular formula is C16H32N2O. The van der Waals surface area contributed by atoms with E-state index in [0.717, 1.165) is 19.5 Å². The number of nitrogens with zero attached hydrogens (tertiary/aromatic N) is 1. The number of hydrogen-bond acceptors (Lipinski definition) is 2. The molecule has 0 aromatic carbocycles. The lowest BCUT2D eigenvalue weighted by Crippen LogP contribution is -2.41. The van der Waals surface area contributed by atoms with Crippen LogP contribution in [0, 0.1) is 5.92 Å². The molecule has 1 fully saturated rings. The topological polar surface area (TPSA) is 32.3 Å². The predicted molar refractivity (Wildman–Crippen MR) is 81.2 cm³/mol. The molecule has 0 aliphatic heterocycles. The molecule has 3 heteroatoms. The Morgan fingerprint density at radius 1 is 1.21 bits per heavy atom. The van der Waals surface area contributed by atoms with Crippen molar-refractivity contribution >= 4 is 5.91 Å². The van der Waals surface area contributed by atoms with Gasteiger partial charge in [-0.1, -0.05) is 40.5 Å². The highest BCUT2D eigenvalue weighted by atomic mass is 16.2. The van der Waals surface area contributed by atoms with E-state index >= 15 is 0 Å². The van der Waals surface area contributed by atoms with E-state index in [1.807, 2.05) is 0 Å². The Bertz CT molecular complexity index is 257. The Labute approximate surface area is 119 Å². The van der Waals surface area contributed by atoms with Gasteiger partial charge in [-0.05, 0) is 31.7 Å². The Morgan fingerprint density at radius 3 is 2.37 bits per heavy atom. The van der Waals surface area contributed by atoms with E-state index in [2.05, 4.69) is 37.9 Å². The van der Waals surface area contributed by atoms with Crippen LogP contribution in [-0.4, -0.2) is 36.0 Å². The number of carbonyl (C=O) groups is 1. The zero-order chi connectivity index (χ0) is 14.3. The summed E-state index contributed by atoms with van der Waals surface area (Å²) in [4.78, 5) is 14.6. The van der Waals surface area contributed by atoms with E-state index in [-0.39, 0.29) is 0 Å². The average Bonchev–Trinajstić information content (AvgIpc) is 2.84. The summed E-state index contributed by atoms with van der Waals surface area (Å²) in [7, 11) is 0. The van der Waals surface area contributed by atoms with Gasteiger partial charge in [0, 0.05) is 25.0 Å². The Balaban J connectivity index is 2.37. The van der Waals surface area contributed by atoms with E-state index in [1.165, 1.54) is 25.7 Å². The molecule has 112 valence electrons. The van der Waals surface area contributed by atoms with Gasteiger partial charge in [0.25, 0.3) is 0 Å². The van der Waals surface area contributed by atoms with Crippen LogP contribution in [0.2, 0.25) is 0 Å². The molecule has 0 aromatic heterocycles. The highest BCUT2D eigenvalue weighted by Gasteiger charge is 2.26. The first-order valence-corrected chi connectivity index (χ1v) is 8.03. The Morgan fingerprint density at radius 2 is 1.84 bits per heavy atom. The van der Waals surface area contributed by atoms with Crippen molar-refractivity contribution in [3.63, 3.8) is 0 Å². The predicted octanol–water partition coefficient (Wildman–Crippen LogP) is 3.19. The van der Waals surface area contributed by atoms with Crippen molar-refractivity contribution < 1.29 is 4.79 Å². The number of hydrogen-bond donors (Lipinski definition) is 1. The molecule has 1 amide bonds. The molecule has 1 rings (SSSR count). The van der Waals surface area contributed by atoms with Gasteiger partial charge < -0.3 is 10.2 Å². The van der Waals surface area contributed by atoms with E-state index in [1.54, 1.807) is 0 Å². The summed E-state index contributed by atoms with van der Waals surface area (Å²) in [5.74, 6) is 0.935. The first-order valence-electron chi connectivity index (χ1n) is 8.03. The minimum atomic E-state index is 0.367. The maximum atomic E-state index is 12.4. The molecule has 0 radical (unpaired) electrons. The third-order valence-corrected chi connectivity index (χ3v) is 3.77. The lowest BCUT2D eigenvalue weighted by Gasteiger charge is -2.31. The molecule has 0 unspecified atom stereocenters. The molecule has 1 saturated carbocycles. The number of amides is 1. The molecule has 0 saturated heterocycles. The first kappa shape index (κ1) is 16.5. The third kappa shape index (κ3) is 6.42. The SMILES string of the molecule is CC(C)CN(C(=O)CCCNC(C)C)C1CCCC1. The van der Waals surface area contributed by atoms with Crippen molar-refractivity contribution in [2.45, 2.75) is 78.3 Å². The van der Waals surface area contributed by atoms with Crippen molar-refractivity contribution in [3.05, 3.63) is 0 Å². The fourth-order valence-electron chi connectivity index (χ4n) is 2.84. The van der Waals surface area contributed by atoms with Crippen LogP contribution in [0.5, 0.6) is 0 Å². The second kappa shape index (κ2) is 8.57. The summed E-state index contributed by atoms with van der Waals surface area (Å²) in [5.41, 5.74) is 0. The first-order chi connectivity index (χ1) is 9.00. The molecule has 1 aliphatic rings. The normalized spacial score (nSPS) is 16.5. The van der Waals surface area contributed by atoms with Gasteiger partial charge in [-0.3, -0.25) is 4.79 Å². The largest absolute Gasteiger partial charge is 0.339 e. The third-order valence-electron chi connectivity index (χ3n) is 3.77. The lowest BCUT2D eigenvalue weighted by molar-refractivity contribution is -0.134. The zero-order valence-corrected chi connectivity index (χ0v) is 13.2. The molecule has 19 heavy (non-hydrogen) atoms. The van der Waals surface area contributed by atoms with Gasteiger partial charge >= 0.3 is 0 Å². The summed E-state index contributed by atoms with van der Waals surface area (Å²) in [6.45, 7) is 10.6. The van der Waals surface area contributed by atoms with Crippen LogP contribution in [0.15, 0.2) is 0 Å². The maximum absolute atomic E-state index is 12.4. The van der Waals surface area contributed by atoms with Gasteiger partial charge in [-0.15, -0.1) is 0 Å². The second-order valence-electron chi connectivity index (χ2n) is 6.59. The van der Waals surface area contributed by atoms with Crippen LogP contribution < -0.4 is 5.32 Å². The van der Waals surface area contributed by atoms with Gasteiger partial charge in [0.15, 0.2) is 0 Å². The lowest BCUT2D eigenvalue weighted by atomic mass is 10.1. The molecule has 0 bridgehead atoms. The van der Waals surface area contributed by atoms with Crippen molar-refractivity contribution in [1.82, 2.24) is 10.2 Å². The van der Waals surface area contributed by atoms with Gasteiger partial charge in [-0.25, -0.2) is 0 Å². The Kier molecular flexibility index (Phi) is 7.44. The highest BCUT2D eigenvalue weighted by molar-refractivity contribution is 5.76. The minimum Gasteiger partial charge on any atom is -0.339 e. The molecular weight excluding hydrogens is 236 g/mol. The van der Waals surface area contributed by atoms with Crippen molar-refractivity contribution in [1.29, 1.82) is 0 Å². The molecule has 1 aliphatic carbocycles. The van der Waals surface area contributed by atoms with E-state index in [4.69, 9.17) is 0 Å². The smallest absolute Gasteiger partial charge is 0.222 e. The van der Waals surface area contributed by atoms with Crippen LogP contribution in [0.1, 0.15) is 66.2 Å². The quantitative estimate of drug-likeness (QED) is 0.686. The van der Waals surface area contributed by atoms with E-state index < -0.39 is 0 Å². The van der Waals surface area contributed by atoms with Crippen LogP contribution in [0.25, 0.3) is 0 Å². The summed E-state index contributed by atoms with van der Waals surface area (Å²) in [6, 6.07) is 1.03. The Hall–Kier alpha value is -0.570. The number of carbonyl (C=O) groups excluding carboxylic acids is 1. The summed E-state index contributed by atoms with van der Waals surface area (Å²) in [6.07, 6.45) is 6.66. The number of rotatable bonds is 8.